The second kappa shape index (κ2) is 6.56. The molecule has 1 aromatic rings. The molecule has 0 atom stereocenters. The van der Waals surface area contributed by atoms with Crippen molar-refractivity contribution in [1.82, 2.24) is 5.43 Å². The van der Waals surface area contributed by atoms with Gasteiger partial charge in [0.25, 0.3) is 0 Å². The van der Waals surface area contributed by atoms with Gasteiger partial charge in [0, 0.05) is 0 Å². The maximum Gasteiger partial charge on any atom is 0.355 e. The molecule has 0 unspecified atom stereocenters. The summed E-state index contributed by atoms with van der Waals surface area (Å²) in [5, 5.41) is 4.70. The Bertz CT molecular complexity index is 582. The fourth-order valence-electron chi connectivity index (χ4n) is 1.66. The quantitative estimate of drug-likeness (QED) is 0.869. The Morgan fingerprint density at radius 1 is 1.50 bits per heavy atom. The largest absolute Gasteiger partial charge is 0.461 e. The summed E-state index contributed by atoms with van der Waals surface area (Å²) < 4.78 is 4.91. The van der Waals surface area contributed by atoms with Crippen LogP contribution in [0.25, 0.3) is 0 Å². The van der Waals surface area contributed by atoms with Gasteiger partial charge in [0.2, 0.25) is 0 Å². The normalized spacial score (nSPS) is 16.6. The number of aryl methyl sites for hydroxylation is 1. The second-order valence-electron chi connectivity index (χ2n) is 4.32. The third-order valence-corrected chi connectivity index (χ3v) is 3.81. The van der Waals surface area contributed by atoms with E-state index in [9.17, 15) is 4.79 Å². The number of nitrogens with zero attached hydrogens (tertiary/aromatic N) is 2. The van der Waals surface area contributed by atoms with Crippen LogP contribution in [0.3, 0.4) is 0 Å². The van der Waals surface area contributed by atoms with Crippen LogP contribution in [0.4, 0.5) is 5.69 Å². The number of benzene rings is 1. The highest BCUT2D eigenvalue weighted by Crippen LogP contribution is 2.23. The fourth-order valence-corrected chi connectivity index (χ4v) is 2.39. The highest BCUT2D eigenvalue weighted by Gasteiger charge is 2.19. The average molecular weight is 291 g/mol. The van der Waals surface area contributed by atoms with Crippen LogP contribution < -0.4 is 5.43 Å². The van der Waals surface area contributed by atoms with E-state index < -0.39 is 0 Å². The minimum Gasteiger partial charge on any atom is -0.461 e. The van der Waals surface area contributed by atoms with Crippen molar-refractivity contribution in [2.45, 2.75) is 20.8 Å². The first-order chi connectivity index (χ1) is 9.61. The zero-order valence-corrected chi connectivity index (χ0v) is 12.6. The molecule has 6 heteroatoms. The lowest BCUT2D eigenvalue weighted by Crippen LogP contribution is -2.30. The summed E-state index contributed by atoms with van der Waals surface area (Å²) in [6.07, 6.45) is 0. The summed E-state index contributed by atoms with van der Waals surface area (Å²) in [5.41, 5.74) is 6.44. The number of hydrogen-bond donors (Lipinski definition) is 1. The second-order valence-corrected chi connectivity index (χ2v) is 5.28. The van der Waals surface area contributed by atoms with E-state index in [-0.39, 0.29) is 5.97 Å². The number of nitrogens with one attached hydrogen (secondary N) is 1. The highest BCUT2D eigenvalue weighted by molar-refractivity contribution is 8.14. The van der Waals surface area contributed by atoms with Gasteiger partial charge in [-0.2, -0.15) is 5.10 Å². The predicted octanol–water partition coefficient (Wildman–Crippen LogP) is 2.55. The van der Waals surface area contributed by atoms with Gasteiger partial charge in [-0.25, -0.2) is 9.79 Å². The zero-order valence-electron chi connectivity index (χ0n) is 11.8. The molecule has 0 amide bonds. The van der Waals surface area contributed by atoms with E-state index in [0.717, 1.165) is 11.3 Å². The molecule has 0 aromatic heterocycles. The first-order valence-corrected chi connectivity index (χ1v) is 7.37. The first-order valence-electron chi connectivity index (χ1n) is 6.39. The van der Waals surface area contributed by atoms with Gasteiger partial charge in [-0.05, 0) is 38.0 Å². The predicted molar refractivity (Wildman–Crippen MR) is 82.7 cm³/mol. The van der Waals surface area contributed by atoms with Gasteiger partial charge >= 0.3 is 5.97 Å². The van der Waals surface area contributed by atoms with Crippen molar-refractivity contribution >= 4 is 34.3 Å². The maximum atomic E-state index is 11.5. The van der Waals surface area contributed by atoms with Gasteiger partial charge < -0.3 is 4.74 Å². The average Bonchev–Trinajstić information content (AvgIpc) is 2.45. The number of thioether (sulfide) groups is 1. The smallest absolute Gasteiger partial charge is 0.355 e. The minimum absolute atomic E-state index is 0.353. The topological polar surface area (TPSA) is 63.0 Å². The molecule has 0 aliphatic carbocycles. The zero-order chi connectivity index (χ0) is 14.5. The van der Waals surface area contributed by atoms with E-state index in [1.807, 2.05) is 19.1 Å². The number of carbonyl (C=O) groups is 1. The summed E-state index contributed by atoms with van der Waals surface area (Å²) in [6, 6.07) is 5.99. The molecule has 1 heterocycles. The monoisotopic (exact) mass is 291 g/mol. The number of amidine groups is 1. The molecule has 1 aliphatic rings. The summed E-state index contributed by atoms with van der Waals surface area (Å²) in [4.78, 5) is 16.0. The van der Waals surface area contributed by atoms with Crippen LogP contribution in [0.15, 0.2) is 28.3 Å². The third kappa shape index (κ3) is 3.39. The molecule has 20 heavy (non-hydrogen) atoms. The van der Waals surface area contributed by atoms with Gasteiger partial charge in [0.05, 0.1) is 18.0 Å². The van der Waals surface area contributed by atoms with Crippen molar-refractivity contribution < 1.29 is 9.53 Å². The molecule has 0 fully saturated rings. The van der Waals surface area contributed by atoms with Gasteiger partial charge in [-0.3, -0.25) is 5.43 Å². The molecule has 5 nitrogen and oxygen atoms in total. The molecule has 106 valence electrons. The molecular formula is C14H17N3O2S. The molecule has 0 radical (unpaired) electrons. The summed E-state index contributed by atoms with van der Waals surface area (Å²) in [5.74, 6) is 0.0912. The lowest BCUT2D eigenvalue weighted by molar-refractivity contribution is -0.135. The Labute approximate surface area is 122 Å². The van der Waals surface area contributed by atoms with Crippen LogP contribution in [-0.2, 0) is 9.53 Å². The molecule has 1 N–H and O–H groups in total. The number of hydrazone groups is 1. The molecule has 0 saturated heterocycles. The Morgan fingerprint density at radius 2 is 2.30 bits per heavy atom. The summed E-state index contributed by atoms with van der Waals surface area (Å²) >= 11 is 1.44. The van der Waals surface area contributed by atoms with Crippen molar-refractivity contribution in [3.05, 3.63) is 29.3 Å². The minimum atomic E-state index is -0.377. The van der Waals surface area contributed by atoms with Crippen LogP contribution in [0, 0.1) is 13.8 Å². The number of carbonyl (C=O) groups excluding carboxylic acids is 1. The van der Waals surface area contributed by atoms with E-state index in [0.29, 0.717) is 23.2 Å². The number of hydrogen-bond acceptors (Lipinski definition) is 5. The lowest BCUT2D eigenvalue weighted by atomic mass is 10.1. The third-order valence-electron chi connectivity index (χ3n) is 2.94. The van der Waals surface area contributed by atoms with Crippen LogP contribution >= 0.6 is 11.8 Å². The number of esters is 1. The molecule has 2 rings (SSSR count). The van der Waals surface area contributed by atoms with Gasteiger partial charge in [0.1, 0.15) is 0 Å². The highest BCUT2D eigenvalue weighted by atomic mass is 32.2. The molecular weight excluding hydrogens is 274 g/mol. The Morgan fingerprint density at radius 3 is 2.95 bits per heavy atom. The Balaban J connectivity index is 2.12. The summed E-state index contributed by atoms with van der Waals surface area (Å²) in [7, 11) is 0. The Kier molecular flexibility index (Phi) is 4.79. The van der Waals surface area contributed by atoms with Crippen molar-refractivity contribution in [3.63, 3.8) is 0 Å². The van der Waals surface area contributed by atoms with Crippen LogP contribution in [0.5, 0.6) is 0 Å². The first kappa shape index (κ1) is 14.6. The van der Waals surface area contributed by atoms with Crippen molar-refractivity contribution in [2.24, 2.45) is 10.1 Å². The molecule has 0 spiro atoms. The van der Waals surface area contributed by atoms with Gasteiger partial charge in [-0.15, -0.1) is 0 Å². The molecule has 0 saturated carbocycles. The summed E-state index contributed by atoms with van der Waals surface area (Å²) in [6.45, 7) is 6.22. The Hall–Kier alpha value is -1.82. The van der Waals surface area contributed by atoms with Gasteiger partial charge in [0.15, 0.2) is 10.9 Å². The van der Waals surface area contributed by atoms with E-state index in [1.165, 1.54) is 17.3 Å². The van der Waals surface area contributed by atoms with E-state index in [4.69, 9.17) is 4.74 Å². The molecule has 1 aliphatic heterocycles. The fraction of sp³-hybridized carbons (Fsp3) is 0.357. The molecule has 0 bridgehead atoms. The van der Waals surface area contributed by atoms with Crippen molar-refractivity contribution in [2.75, 3.05) is 12.4 Å². The standard InChI is InChI=1S/C14H17N3O2S/c1-4-19-13(18)12-8-20-14(17-16-12)15-11-7-5-6-9(2)10(11)3/h5-7H,4,8H2,1-3H3,(H,15,17). The molecule has 1 aromatic carbocycles. The SMILES string of the molecule is CCOC(=O)C1=NNC(=Nc2cccc(C)c2C)SC1. The van der Waals surface area contributed by atoms with Crippen LogP contribution in [0.1, 0.15) is 18.1 Å². The lowest BCUT2D eigenvalue weighted by Gasteiger charge is -2.14. The van der Waals surface area contributed by atoms with Gasteiger partial charge in [-0.1, -0.05) is 23.9 Å². The van der Waals surface area contributed by atoms with Crippen molar-refractivity contribution in [1.29, 1.82) is 0 Å². The maximum absolute atomic E-state index is 11.5. The number of rotatable bonds is 3. The number of ether oxygens (including phenoxy) is 1. The van der Waals surface area contributed by atoms with E-state index in [2.05, 4.69) is 28.5 Å². The van der Waals surface area contributed by atoms with Crippen molar-refractivity contribution in [3.8, 4) is 0 Å². The van der Waals surface area contributed by atoms with Crippen LogP contribution in [-0.4, -0.2) is 29.2 Å². The van der Waals surface area contributed by atoms with E-state index >= 15 is 0 Å². The van der Waals surface area contributed by atoms with E-state index in [1.54, 1.807) is 6.92 Å². The van der Waals surface area contributed by atoms with Crippen LogP contribution in [0.2, 0.25) is 0 Å². The number of aliphatic imine (C=N–C) groups is 1.